The van der Waals surface area contributed by atoms with Crippen LogP contribution in [0.4, 0.5) is 5.69 Å². The van der Waals surface area contributed by atoms with Gasteiger partial charge in [0.15, 0.2) is 5.75 Å². The third-order valence-electron chi connectivity index (χ3n) is 3.12. The number of hydrogen-bond acceptors (Lipinski definition) is 3. The summed E-state index contributed by atoms with van der Waals surface area (Å²) in [6.07, 6.45) is 3.37. The van der Waals surface area contributed by atoms with Crippen molar-refractivity contribution in [3.8, 4) is 5.75 Å². The summed E-state index contributed by atoms with van der Waals surface area (Å²) in [5.41, 5.74) is 6.88. The van der Waals surface area contributed by atoms with Crippen molar-refractivity contribution in [2.75, 3.05) is 25.9 Å². The number of hydrogen-bond donors (Lipinski definition) is 1. The Kier molecular flexibility index (Phi) is 3.52. The van der Waals surface area contributed by atoms with Crippen LogP contribution in [0.5, 0.6) is 5.75 Å². The van der Waals surface area contributed by atoms with Gasteiger partial charge in [-0.2, -0.15) is 0 Å². The molecule has 4 heteroatoms. The lowest BCUT2D eigenvalue weighted by Gasteiger charge is -2.27. The van der Waals surface area contributed by atoms with Crippen LogP contribution < -0.4 is 10.5 Å². The average molecular weight is 234 g/mol. The molecule has 1 saturated heterocycles. The van der Waals surface area contributed by atoms with Gasteiger partial charge in [-0.25, -0.2) is 0 Å². The topological polar surface area (TPSA) is 55.6 Å². The van der Waals surface area contributed by atoms with Crippen molar-refractivity contribution in [2.24, 2.45) is 0 Å². The molecule has 1 aromatic rings. The predicted octanol–water partition coefficient (Wildman–Crippen LogP) is 1.90. The number of likely N-dealkylation sites (tertiary alicyclic amines) is 1. The number of nitrogens with zero attached hydrogens (tertiary/aromatic N) is 1. The molecular weight excluding hydrogens is 216 g/mol. The summed E-state index contributed by atoms with van der Waals surface area (Å²) in [5.74, 6) is 0.511. The monoisotopic (exact) mass is 234 g/mol. The molecule has 1 aromatic carbocycles. The summed E-state index contributed by atoms with van der Waals surface area (Å²) in [5, 5.41) is 0. The van der Waals surface area contributed by atoms with Crippen molar-refractivity contribution < 1.29 is 9.53 Å². The second kappa shape index (κ2) is 5.08. The fourth-order valence-corrected chi connectivity index (χ4v) is 2.22. The number of methoxy groups -OCH3 is 1. The first-order valence-corrected chi connectivity index (χ1v) is 5.96. The predicted molar refractivity (Wildman–Crippen MR) is 67.2 cm³/mol. The Morgan fingerprint density at radius 2 is 2.00 bits per heavy atom. The Morgan fingerprint density at radius 1 is 1.29 bits per heavy atom. The van der Waals surface area contributed by atoms with E-state index in [9.17, 15) is 4.79 Å². The fraction of sp³-hybridized carbons (Fsp3) is 0.462. The van der Waals surface area contributed by atoms with Crippen molar-refractivity contribution in [1.82, 2.24) is 4.90 Å². The highest BCUT2D eigenvalue weighted by Gasteiger charge is 2.21. The number of nitrogen functional groups attached to an aromatic ring is 1. The third-order valence-corrected chi connectivity index (χ3v) is 3.12. The summed E-state index contributed by atoms with van der Waals surface area (Å²) in [6, 6.07) is 5.30. The van der Waals surface area contributed by atoms with Crippen LogP contribution in [0.3, 0.4) is 0 Å². The number of anilines is 1. The zero-order valence-electron chi connectivity index (χ0n) is 10.1. The first kappa shape index (κ1) is 11.8. The van der Waals surface area contributed by atoms with Crippen LogP contribution in [0.1, 0.15) is 29.6 Å². The quantitative estimate of drug-likeness (QED) is 0.795. The molecule has 1 aliphatic heterocycles. The number of benzene rings is 1. The van der Waals surface area contributed by atoms with Crippen LogP contribution in [-0.2, 0) is 0 Å². The van der Waals surface area contributed by atoms with Gasteiger partial charge in [0.2, 0.25) is 0 Å². The Bertz CT molecular complexity index is 412. The maximum absolute atomic E-state index is 12.3. The van der Waals surface area contributed by atoms with E-state index in [1.54, 1.807) is 25.3 Å². The summed E-state index contributed by atoms with van der Waals surface area (Å²) in [4.78, 5) is 14.2. The van der Waals surface area contributed by atoms with E-state index in [2.05, 4.69) is 0 Å². The minimum atomic E-state index is 0.0221. The van der Waals surface area contributed by atoms with Gasteiger partial charge in [-0.15, -0.1) is 0 Å². The van der Waals surface area contributed by atoms with E-state index < -0.39 is 0 Å². The van der Waals surface area contributed by atoms with E-state index in [0.717, 1.165) is 25.9 Å². The molecule has 92 valence electrons. The molecule has 0 radical (unpaired) electrons. The molecule has 0 aliphatic carbocycles. The van der Waals surface area contributed by atoms with E-state index in [1.807, 2.05) is 4.90 Å². The largest absolute Gasteiger partial charge is 0.494 e. The highest BCUT2D eigenvalue weighted by atomic mass is 16.5. The van der Waals surface area contributed by atoms with Gasteiger partial charge in [-0.3, -0.25) is 4.79 Å². The molecule has 0 aromatic heterocycles. The van der Waals surface area contributed by atoms with Gasteiger partial charge in [0.25, 0.3) is 5.91 Å². The molecule has 1 heterocycles. The van der Waals surface area contributed by atoms with Gasteiger partial charge < -0.3 is 15.4 Å². The number of nitrogens with two attached hydrogens (primary N) is 1. The maximum atomic E-state index is 12.3. The van der Waals surface area contributed by atoms with Gasteiger partial charge in [-0.05, 0) is 31.4 Å². The SMILES string of the molecule is COc1c(N)cccc1C(=O)N1CCCCC1. The second-order valence-corrected chi connectivity index (χ2v) is 4.28. The molecule has 2 N–H and O–H groups in total. The number of rotatable bonds is 2. The molecule has 0 spiro atoms. The Morgan fingerprint density at radius 3 is 2.65 bits per heavy atom. The summed E-state index contributed by atoms with van der Waals surface area (Å²) >= 11 is 0. The van der Waals surface area contributed by atoms with Gasteiger partial charge in [0, 0.05) is 13.1 Å². The smallest absolute Gasteiger partial charge is 0.257 e. The standard InChI is InChI=1S/C13H18N2O2/c1-17-12-10(6-5-7-11(12)14)13(16)15-8-3-2-4-9-15/h5-7H,2-4,8-9,14H2,1H3. The van der Waals surface area contributed by atoms with Crippen molar-refractivity contribution >= 4 is 11.6 Å². The number of carbonyl (C=O) groups is 1. The van der Waals surface area contributed by atoms with E-state index in [1.165, 1.54) is 6.42 Å². The maximum Gasteiger partial charge on any atom is 0.257 e. The fourth-order valence-electron chi connectivity index (χ4n) is 2.22. The van der Waals surface area contributed by atoms with Crippen molar-refractivity contribution in [3.63, 3.8) is 0 Å². The van der Waals surface area contributed by atoms with Crippen molar-refractivity contribution in [2.45, 2.75) is 19.3 Å². The number of carbonyl (C=O) groups excluding carboxylic acids is 1. The first-order chi connectivity index (χ1) is 8.24. The molecule has 17 heavy (non-hydrogen) atoms. The van der Waals surface area contributed by atoms with Gasteiger partial charge in [0.1, 0.15) is 0 Å². The highest BCUT2D eigenvalue weighted by Crippen LogP contribution is 2.27. The van der Waals surface area contributed by atoms with Crippen molar-refractivity contribution in [3.05, 3.63) is 23.8 Å². The molecule has 1 fully saturated rings. The molecule has 2 rings (SSSR count). The molecule has 1 amide bonds. The Balaban J connectivity index is 2.26. The molecule has 0 unspecified atom stereocenters. The van der Waals surface area contributed by atoms with Crippen molar-refractivity contribution in [1.29, 1.82) is 0 Å². The summed E-state index contributed by atoms with van der Waals surface area (Å²) < 4.78 is 5.22. The van der Waals surface area contributed by atoms with E-state index >= 15 is 0 Å². The first-order valence-electron chi connectivity index (χ1n) is 5.96. The lowest BCUT2D eigenvalue weighted by molar-refractivity contribution is 0.0721. The van der Waals surface area contributed by atoms with E-state index in [0.29, 0.717) is 17.0 Å². The number of para-hydroxylation sites is 1. The molecule has 0 bridgehead atoms. The Hall–Kier alpha value is -1.71. The van der Waals surface area contributed by atoms with Gasteiger partial charge in [0.05, 0.1) is 18.4 Å². The Labute approximate surface area is 101 Å². The average Bonchev–Trinajstić information content (AvgIpc) is 2.38. The summed E-state index contributed by atoms with van der Waals surface area (Å²) in [7, 11) is 1.54. The van der Waals surface area contributed by atoms with Crippen LogP contribution in [-0.4, -0.2) is 31.0 Å². The zero-order valence-corrected chi connectivity index (χ0v) is 10.1. The summed E-state index contributed by atoms with van der Waals surface area (Å²) in [6.45, 7) is 1.66. The van der Waals surface area contributed by atoms with Crippen LogP contribution in [0.15, 0.2) is 18.2 Å². The highest BCUT2D eigenvalue weighted by molar-refractivity contribution is 5.98. The molecule has 4 nitrogen and oxygen atoms in total. The van der Waals surface area contributed by atoms with Crippen LogP contribution in [0.25, 0.3) is 0 Å². The molecule has 1 aliphatic rings. The minimum Gasteiger partial charge on any atom is -0.494 e. The van der Waals surface area contributed by atoms with Crippen LogP contribution in [0.2, 0.25) is 0 Å². The van der Waals surface area contributed by atoms with Gasteiger partial charge in [-0.1, -0.05) is 6.07 Å². The minimum absolute atomic E-state index is 0.0221. The lowest BCUT2D eigenvalue weighted by atomic mass is 10.1. The zero-order chi connectivity index (χ0) is 12.3. The van der Waals surface area contributed by atoms with Crippen LogP contribution >= 0.6 is 0 Å². The van der Waals surface area contributed by atoms with Gasteiger partial charge >= 0.3 is 0 Å². The van der Waals surface area contributed by atoms with Crippen LogP contribution in [0, 0.1) is 0 Å². The van der Waals surface area contributed by atoms with E-state index in [-0.39, 0.29) is 5.91 Å². The number of ether oxygens (including phenoxy) is 1. The lowest BCUT2D eigenvalue weighted by Crippen LogP contribution is -2.35. The molecular formula is C13H18N2O2. The van der Waals surface area contributed by atoms with E-state index in [4.69, 9.17) is 10.5 Å². The molecule has 0 atom stereocenters. The molecule has 0 saturated carbocycles. The third kappa shape index (κ3) is 2.35. The number of piperidine rings is 1. The normalized spacial score (nSPS) is 15.7. The second-order valence-electron chi connectivity index (χ2n) is 4.28. The number of amides is 1.